The van der Waals surface area contributed by atoms with E-state index in [1.54, 1.807) is 14.0 Å². The van der Waals surface area contributed by atoms with Crippen molar-refractivity contribution in [1.82, 2.24) is 4.90 Å². The third-order valence-corrected chi connectivity index (χ3v) is 4.52. The number of benzene rings is 1. The summed E-state index contributed by atoms with van der Waals surface area (Å²) in [6, 6.07) is 6.85. The van der Waals surface area contributed by atoms with Gasteiger partial charge in [-0.2, -0.15) is 0 Å². The smallest absolute Gasteiger partial charge is 0.328 e. The molecule has 1 atom stereocenters. The van der Waals surface area contributed by atoms with E-state index in [0.717, 1.165) is 24.2 Å². The van der Waals surface area contributed by atoms with Gasteiger partial charge in [0, 0.05) is 13.0 Å². The summed E-state index contributed by atoms with van der Waals surface area (Å²) in [5.74, 6) is -0.435. The first-order valence-electron chi connectivity index (χ1n) is 9.29. The fraction of sp³-hybridized carbons (Fsp3) is 0.550. The first kappa shape index (κ1) is 20.7. The average molecular weight is 377 g/mol. The van der Waals surface area contributed by atoms with Gasteiger partial charge in [-0.15, -0.1) is 0 Å². The molecule has 0 N–H and O–H groups in total. The van der Waals surface area contributed by atoms with E-state index in [2.05, 4.69) is 0 Å². The van der Waals surface area contributed by atoms with Crippen molar-refractivity contribution in [2.75, 3.05) is 26.9 Å². The van der Waals surface area contributed by atoms with Crippen molar-refractivity contribution in [2.45, 2.75) is 45.1 Å². The molecule has 1 aromatic carbocycles. The number of hydrogen-bond acceptors (Lipinski definition) is 6. The number of carbonyl (C=O) groups is 3. The van der Waals surface area contributed by atoms with Gasteiger partial charge in [-0.25, -0.2) is 4.79 Å². The van der Waals surface area contributed by atoms with Gasteiger partial charge in [-0.1, -0.05) is 12.1 Å². The zero-order chi connectivity index (χ0) is 19.6. The number of nitrogens with zero attached hydrogens (tertiary/aromatic N) is 1. The molecule has 1 aliphatic heterocycles. The SMILES string of the molecule is CCOC(=O)C1CCCCN1C(=O)COC(=O)CCc1ccc(OC)cc1. The molecule has 0 saturated carbocycles. The molecule has 148 valence electrons. The summed E-state index contributed by atoms with van der Waals surface area (Å²) in [6.07, 6.45) is 2.98. The summed E-state index contributed by atoms with van der Waals surface area (Å²) in [4.78, 5) is 37.8. The van der Waals surface area contributed by atoms with Gasteiger partial charge in [0.25, 0.3) is 5.91 Å². The lowest BCUT2D eigenvalue weighted by atomic mass is 10.0. The lowest BCUT2D eigenvalue weighted by Gasteiger charge is -2.33. The van der Waals surface area contributed by atoms with Crippen LogP contribution in [0.5, 0.6) is 5.75 Å². The quantitative estimate of drug-likeness (QED) is 0.646. The summed E-state index contributed by atoms with van der Waals surface area (Å²) in [5.41, 5.74) is 0.984. The van der Waals surface area contributed by atoms with Crippen molar-refractivity contribution in [3.8, 4) is 5.75 Å². The first-order chi connectivity index (χ1) is 13.0. The Morgan fingerprint density at radius 2 is 1.85 bits per heavy atom. The Morgan fingerprint density at radius 1 is 1.11 bits per heavy atom. The van der Waals surface area contributed by atoms with Crippen molar-refractivity contribution in [3.63, 3.8) is 0 Å². The minimum atomic E-state index is -0.579. The highest BCUT2D eigenvalue weighted by molar-refractivity contribution is 5.86. The molecular formula is C20H27NO6. The zero-order valence-corrected chi connectivity index (χ0v) is 15.9. The van der Waals surface area contributed by atoms with Crippen molar-refractivity contribution in [2.24, 2.45) is 0 Å². The van der Waals surface area contributed by atoms with Gasteiger partial charge in [0.2, 0.25) is 0 Å². The van der Waals surface area contributed by atoms with Crippen LogP contribution in [0.4, 0.5) is 0 Å². The van der Waals surface area contributed by atoms with Crippen LogP contribution in [0.15, 0.2) is 24.3 Å². The van der Waals surface area contributed by atoms with Gasteiger partial charge in [0.15, 0.2) is 6.61 Å². The zero-order valence-electron chi connectivity index (χ0n) is 15.9. The van der Waals surface area contributed by atoms with Crippen molar-refractivity contribution < 1.29 is 28.6 Å². The molecule has 1 unspecified atom stereocenters. The van der Waals surface area contributed by atoms with E-state index in [0.29, 0.717) is 19.4 Å². The molecule has 2 rings (SSSR count). The van der Waals surface area contributed by atoms with Crippen LogP contribution in [-0.2, 0) is 30.3 Å². The topological polar surface area (TPSA) is 82.1 Å². The predicted molar refractivity (Wildman–Crippen MR) is 98.3 cm³/mol. The maximum Gasteiger partial charge on any atom is 0.328 e. The number of carbonyl (C=O) groups excluding carboxylic acids is 3. The summed E-state index contributed by atoms with van der Waals surface area (Å²) in [7, 11) is 1.60. The molecule has 1 saturated heterocycles. The Labute approximate surface area is 159 Å². The molecule has 1 amide bonds. The number of likely N-dealkylation sites (tertiary alicyclic amines) is 1. The first-order valence-corrected chi connectivity index (χ1v) is 9.29. The standard InChI is InChI=1S/C20H27NO6/c1-3-26-20(24)17-6-4-5-13-21(17)18(22)14-27-19(23)12-9-15-7-10-16(25-2)11-8-15/h7-8,10-11,17H,3-6,9,12-14H2,1-2H3. The second kappa shape index (κ2) is 10.5. The average Bonchev–Trinajstić information content (AvgIpc) is 2.71. The summed E-state index contributed by atoms with van der Waals surface area (Å²) in [5, 5.41) is 0. The number of rotatable bonds is 8. The van der Waals surface area contributed by atoms with Gasteiger partial charge in [0.05, 0.1) is 13.7 Å². The number of ether oxygens (including phenoxy) is 3. The maximum atomic E-state index is 12.4. The molecule has 0 aliphatic carbocycles. The Balaban J connectivity index is 1.78. The van der Waals surface area contributed by atoms with E-state index >= 15 is 0 Å². The Kier molecular flexibility index (Phi) is 8.10. The van der Waals surface area contributed by atoms with Crippen molar-refractivity contribution >= 4 is 17.8 Å². The predicted octanol–water partition coefficient (Wildman–Crippen LogP) is 2.12. The van der Waals surface area contributed by atoms with Crippen LogP contribution < -0.4 is 4.74 Å². The summed E-state index contributed by atoms with van der Waals surface area (Å²) >= 11 is 0. The second-order valence-corrected chi connectivity index (χ2v) is 6.36. The molecule has 27 heavy (non-hydrogen) atoms. The minimum absolute atomic E-state index is 0.181. The lowest BCUT2D eigenvalue weighted by Crippen LogP contribution is -2.50. The molecule has 7 nitrogen and oxygen atoms in total. The van der Waals surface area contributed by atoms with Crippen LogP contribution in [0.1, 0.15) is 38.2 Å². The largest absolute Gasteiger partial charge is 0.497 e. The molecule has 0 spiro atoms. The Morgan fingerprint density at radius 3 is 2.52 bits per heavy atom. The Bertz CT molecular complexity index is 642. The number of amides is 1. The number of hydrogen-bond donors (Lipinski definition) is 0. The molecule has 0 radical (unpaired) electrons. The van der Waals surface area contributed by atoms with Crippen LogP contribution in [-0.4, -0.2) is 55.7 Å². The number of esters is 2. The normalized spacial score (nSPS) is 16.5. The van der Waals surface area contributed by atoms with E-state index in [4.69, 9.17) is 14.2 Å². The lowest BCUT2D eigenvalue weighted by molar-refractivity contribution is -0.160. The molecule has 1 aromatic rings. The van der Waals surface area contributed by atoms with E-state index < -0.39 is 18.0 Å². The highest BCUT2D eigenvalue weighted by Gasteiger charge is 2.33. The van der Waals surface area contributed by atoms with E-state index in [1.165, 1.54) is 4.90 Å². The maximum absolute atomic E-state index is 12.4. The minimum Gasteiger partial charge on any atom is -0.497 e. The van der Waals surface area contributed by atoms with Gasteiger partial charge < -0.3 is 19.1 Å². The fourth-order valence-electron chi connectivity index (χ4n) is 3.05. The van der Waals surface area contributed by atoms with Crippen molar-refractivity contribution in [1.29, 1.82) is 0 Å². The van der Waals surface area contributed by atoms with Crippen LogP contribution in [0.25, 0.3) is 0 Å². The highest BCUT2D eigenvalue weighted by atomic mass is 16.5. The molecule has 1 fully saturated rings. The van der Waals surface area contributed by atoms with Crippen LogP contribution in [0.2, 0.25) is 0 Å². The molecule has 0 bridgehead atoms. The van der Waals surface area contributed by atoms with Gasteiger partial charge in [0.1, 0.15) is 11.8 Å². The van der Waals surface area contributed by atoms with Crippen LogP contribution >= 0.6 is 0 Å². The van der Waals surface area contributed by atoms with E-state index in [9.17, 15) is 14.4 Å². The monoisotopic (exact) mass is 377 g/mol. The Hall–Kier alpha value is -2.57. The van der Waals surface area contributed by atoms with E-state index in [1.807, 2.05) is 24.3 Å². The molecular weight excluding hydrogens is 350 g/mol. The molecule has 7 heteroatoms. The van der Waals surface area contributed by atoms with Gasteiger partial charge in [-0.3, -0.25) is 9.59 Å². The molecule has 0 aromatic heterocycles. The summed E-state index contributed by atoms with van der Waals surface area (Å²) < 4.78 is 15.2. The highest BCUT2D eigenvalue weighted by Crippen LogP contribution is 2.19. The molecule has 1 aliphatic rings. The summed E-state index contributed by atoms with van der Waals surface area (Å²) in [6.45, 7) is 2.14. The third kappa shape index (κ3) is 6.27. The van der Waals surface area contributed by atoms with Crippen molar-refractivity contribution in [3.05, 3.63) is 29.8 Å². The fourth-order valence-corrected chi connectivity index (χ4v) is 3.05. The number of piperidine rings is 1. The third-order valence-electron chi connectivity index (χ3n) is 4.52. The molecule has 1 heterocycles. The van der Waals surface area contributed by atoms with Gasteiger partial charge >= 0.3 is 11.9 Å². The number of aryl methyl sites for hydroxylation is 1. The number of methoxy groups -OCH3 is 1. The van der Waals surface area contributed by atoms with Gasteiger partial charge in [-0.05, 0) is 50.3 Å². The van der Waals surface area contributed by atoms with E-state index in [-0.39, 0.29) is 25.5 Å². The van der Waals surface area contributed by atoms with Crippen LogP contribution in [0.3, 0.4) is 0 Å². The van der Waals surface area contributed by atoms with Crippen LogP contribution in [0, 0.1) is 0 Å². The second-order valence-electron chi connectivity index (χ2n) is 6.36.